The molecule has 0 saturated carbocycles. The summed E-state index contributed by atoms with van der Waals surface area (Å²) in [5, 5.41) is 5.38. The summed E-state index contributed by atoms with van der Waals surface area (Å²) in [6, 6.07) is 6.74. The van der Waals surface area contributed by atoms with E-state index in [-0.39, 0.29) is 0 Å². The topological polar surface area (TPSA) is 114 Å². The number of benzene rings is 1. The molecule has 1 rings (SSSR count). The van der Waals surface area contributed by atoms with Crippen molar-refractivity contribution >= 4 is 27.6 Å². The van der Waals surface area contributed by atoms with Crippen LogP contribution in [0.3, 0.4) is 0 Å². The predicted molar refractivity (Wildman–Crippen MR) is 79.2 cm³/mol. The highest BCUT2D eigenvalue weighted by Crippen LogP contribution is 2.09. The summed E-state index contributed by atoms with van der Waals surface area (Å²) in [7, 11) is -3.63. The average Bonchev–Trinajstić information content (AvgIpc) is 2.34. The van der Waals surface area contributed by atoms with E-state index in [2.05, 4.69) is 22.0 Å². The van der Waals surface area contributed by atoms with Crippen molar-refractivity contribution in [1.82, 2.24) is 5.32 Å². The first-order valence-corrected chi connectivity index (χ1v) is 7.87. The number of rotatable bonds is 5. The number of anilines is 1. The van der Waals surface area contributed by atoms with Crippen molar-refractivity contribution in [2.45, 2.75) is 13.3 Å². The Balaban J connectivity index is 2.71. The molecule has 0 spiro atoms. The Morgan fingerprint density at radius 3 is 2.40 bits per heavy atom. The van der Waals surface area contributed by atoms with E-state index >= 15 is 0 Å². The molecule has 8 heteroatoms. The summed E-state index contributed by atoms with van der Waals surface area (Å²) >= 11 is 0. The molecule has 1 aromatic rings. The lowest BCUT2D eigenvalue weighted by atomic mass is 10.2. The van der Waals surface area contributed by atoms with Gasteiger partial charge in [0.1, 0.15) is 0 Å². The van der Waals surface area contributed by atoms with Gasteiger partial charge in [-0.15, -0.1) is 4.40 Å². The van der Waals surface area contributed by atoms with Gasteiger partial charge in [0.05, 0.1) is 6.26 Å². The van der Waals surface area contributed by atoms with Gasteiger partial charge < -0.3 is 11.1 Å². The smallest absolute Gasteiger partial charge is 0.257 e. The lowest BCUT2D eigenvalue weighted by molar-refractivity contribution is 0.0977. The monoisotopic (exact) mass is 298 g/mol. The number of sulfonamides is 1. The summed E-state index contributed by atoms with van der Waals surface area (Å²) in [5.74, 6) is -0.970. The minimum atomic E-state index is -3.63. The number of hydrogen-bond acceptors (Lipinski definition) is 4. The number of amides is 1. The molecule has 7 nitrogen and oxygen atoms in total. The van der Waals surface area contributed by atoms with E-state index < -0.39 is 21.9 Å². The van der Waals surface area contributed by atoms with Gasteiger partial charge in [-0.3, -0.25) is 10.1 Å². The largest absolute Gasteiger partial charge is 0.385 e. The lowest BCUT2D eigenvalue weighted by Crippen LogP contribution is -2.37. The summed E-state index contributed by atoms with van der Waals surface area (Å²) in [6.07, 6.45) is 1.89. The van der Waals surface area contributed by atoms with Crippen molar-refractivity contribution in [2.75, 3.05) is 18.1 Å². The first-order chi connectivity index (χ1) is 9.31. The molecule has 110 valence electrons. The molecule has 0 bridgehead atoms. The third-order valence-corrected chi connectivity index (χ3v) is 2.76. The first kappa shape index (κ1) is 16.0. The SMILES string of the molecule is CCCNc1ccc(C(=O)N/C(N)=N\S(C)(=O)=O)cc1. The molecule has 4 N–H and O–H groups in total. The van der Waals surface area contributed by atoms with E-state index in [4.69, 9.17) is 5.73 Å². The van der Waals surface area contributed by atoms with Crippen LogP contribution in [0, 0.1) is 0 Å². The molecule has 0 radical (unpaired) electrons. The fourth-order valence-electron chi connectivity index (χ4n) is 1.40. The van der Waals surface area contributed by atoms with Gasteiger partial charge >= 0.3 is 0 Å². The zero-order valence-corrected chi connectivity index (χ0v) is 12.2. The predicted octanol–water partition coefficient (Wildman–Crippen LogP) is 0.513. The summed E-state index contributed by atoms with van der Waals surface area (Å²) in [6.45, 7) is 2.90. The molecule has 0 aromatic heterocycles. The summed E-state index contributed by atoms with van der Waals surface area (Å²) in [5.41, 5.74) is 6.58. The number of nitrogens with two attached hydrogens (primary N) is 1. The second-order valence-electron chi connectivity index (χ2n) is 4.17. The van der Waals surface area contributed by atoms with Crippen LogP contribution in [0.4, 0.5) is 5.69 Å². The summed E-state index contributed by atoms with van der Waals surface area (Å²) in [4.78, 5) is 11.8. The van der Waals surface area contributed by atoms with E-state index in [0.717, 1.165) is 24.9 Å². The Kier molecular flexibility index (Phi) is 5.51. The zero-order chi connectivity index (χ0) is 15.2. The van der Waals surface area contributed by atoms with Crippen LogP contribution in [0.15, 0.2) is 28.7 Å². The second-order valence-corrected chi connectivity index (χ2v) is 5.82. The Bertz CT molecular complexity index is 594. The molecule has 1 amide bonds. The van der Waals surface area contributed by atoms with Crippen LogP contribution in [0.5, 0.6) is 0 Å². The number of hydrogen-bond donors (Lipinski definition) is 3. The molecule has 0 unspecified atom stereocenters. The van der Waals surface area contributed by atoms with Gasteiger partial charge in [0.25, 0.3) is 15.9 Å². The highest BCUT2D eigenvalue weighted by atomic mass is 32.2. The third kappa shape index (κ3) is 5.70. The van der Waals surface area contributed by atoms with Crippen molar-refractivity contribution in [1.29, 1.82) is 0 Å². The van der Waals surface area contributed by atoms with Gasteiger partial charge in [0, 0.05) is 17.8 Å². The summed E-state index contributed by atoms with van der Waals surface area (Å²) < 4.78 is 24.9. The first-order valence-electron chi connectivity index (χ1n) is 6.02. The molecule has 0 aliphatic rings. The minimum Gasteiger partial charge on any atom is -0.385 e. The minimum absolute atomic E-state index is 0.360. The maximum Gasteiger partial charge on any atom is 0.257 e. The molecular weight excluding hydrogens is 280 g/mol. The zero-order valence-electron chi connectivity index (χ0n) is 11.4. The van der Waals surface area contributed by atoms with Crippen molar-refractivity contribution in [3.8, 4) is 0 Å². The Morgan fingerprint density at radius 1 is 1.30 bits per heavy atom. The van der Waals surface area contributed by atoms with Crippen molar-refractivity contribution < 1.29 is 13.2 Å². The maximum atomic E-state index is 11.8. The van der Waals surface area contributed by atoms with Gasteiger partial charge in [-0.2, -0.15) is 0 Å². The molecule has 0 aliphatic heterocycles. The van der Waals surface area contributed by atoms with Crippen molar-refractivity contribution in [3.05, 3.63) is 29.8 Å². The van der Waals surface area contributed by atoms with Gasteiger partial charge in [-0.25, -0.2) is 8.42 Å². The molecule has 0 aliphatic carbocycles. The van der Waals surface area contributed by atoms with Crippen molar-refractivity contribution in [3.63, 3.8) is 0 Å². The fourth-order valence-corrected chi connectivity index (χ4v) is 1.80. The van der Waals surface area contributed by atoms with E-state index in [0.29, 0.717) is 5.56 Å². The molecule has 0 fully saturated rings. The van der Waals surface area contributed by atoms with Crippen molar-refractivity contribution in [2.24, 2.45) is 10.1 Å². The third-order valence-electron chi connectivity index (χ3n) is 2.23. The highest BCUT2D eigenvalue weighted by Gasteiger charge is 2.08. The molecule has 0 atom stereocenters. The number of carbonyl (C=O) groups is 1. The number of guanidine groups is 1. The Hall–Kier alpha value is -2.09. The van der Waals surface area contributed by atoms with Crippen LogP contribution in [0.1, 0.15) is 23.7 Å². The highest BCUT2D eigenvalue weighted by molar-refractivity contribution is 7.89. The van der Waals surface area contributed by atoms with Gasteiger partial charge in [0.15, 0.2) is 0 Å². The van der Waals surface area contributed by atoms with Crippen LogP contribution in [0.2, 0.25) is 0 Å². The van der Waals surface area contributed by atoms with Crippen LogP contribution in [-0.4, -0.2) is 33.1 Å². The second kappa shape index (κ2) is 6.90. The standard InChI is InChI=1S/C12H18N4O3S/c1-3-8-14-10-6-4-9(5-7-10)11(17)15-12(13)16-20(2,18)19/h4-7,14H,3,8H2,1-2H3,(H3,13,15,16,17). The lowest BCUT2D eigenvalue weighted by Gasteiger charge is -2.06. The van der Waals surface area contributed by atoms with Crippen LogP contribution < -0.4 is 16.4 Å². The van der Waals surface area contributed by atoms with E-state index in [9.17, 15) is 13.2 Å². The maximum absolute atomic E-state index is 11.8. The number of nitrogens with one attached hydrogen (secondary N) is 2. The Morgan fingerprint density at radius 2 is 1.90 bits per heavy atom. The van der Waals surface area contributed by atoms with Crippen LogP contribution >= 0.6 is 0 Å². The van der Waals surface area contributed by atoms with Crippen LogP contribution in [0.25, 0.3) is 0 Å². The molecule has 20 heavy (non-hydrogen) atoms. The molecule has 1 aromatic carbocycles. The van der Waals surface area contributed by atoms with E-state index in [1.165, 1.54) is 0 Å². The number of nitrogens with zero attached hydrogens (tertiary/aromatic N) is 1. The van der Waals surface area contributed by atoms with Crippen LogP contribution in [-0.2, 0) is 10.0 Å². The van der Waals surface area contributed by atoms with Gasteiger partial charge in [0.2, 0.25) is 5.96 Å². The average molecular weight is 298 g/mol. The normalized spacial score (nSPS) is 12.0. The fraction of sp³-hybridized carbons (Fsp3) is 0.333. The molecule has 0 saturated heterocycles. The van der Waals surface area contributed by atoms with E-state index in [1.54, 1.807) is 24.3 Å². The van der Waals surface area contributed by atoms with Gasteiger partial charge in [-0.05, 0) is 30.7 Å². The van der Waals surface area contributed by atoms with Gasteiger partial charge in [-0.1, -0.05) is 6.92 Å². The van der Waals surface area contributed by atoms with E-state index in [1.807, 2.05) is 0 Å². The number of carbonyl (C=O) groups excluding carboxylic acids is 1. The molecular formula is C12H18N4O3S. The quantitative estimate of drug-likeness (QED) is 0.541. The Labute approximate surface area is 118 Å². The molecule has 0 heterocycles.